The summed E-state index contributed by atoms with van der Waals surface area (Å²) in [7, 11) is 0. The van der Waals surface area contributed by atoms with Crippen molar-refractivity contribution in [2.75, 3.05) is 0 Å². The Morgan fingerprint density at radius 3 is 2.39 bits per heavy atom. The smallest absolute Gasteiger partial charge is 0.336 e. The van der Waals surface area contributed by atoms with Crippen molar-refractivity contribution in [3.8, 4) is 22.7 Å². The molecule has 1 aliphatic heterocycles. The maximum absolute atomic E-state index is 13.0. The van der Waals surface area contributed by atoms with E-state index in [1.54, 1.807) is 22.8 Å². The minimum Gasteiger partial charge on any atom is -0.493 e. The van der Waals surface area contributed by atoms with Crippen LogP contribution < -0.4 is 5.69 Å². The Labute approximate surface area is 208 Å². The fourth-order valence-corrected chi connectivity index (χ4v) is 5.10. The van der Waals surface area contributed by atoms with Crippen molar-refractivity contribution in [3.63, 3.8) is 0 Å². The van der Waals surface area contributed by atoms with Gasteiger partial charge in [-0.3, -0.25) is 4.57 Å². The lowest BCUT2D eigenvalue weighted by Crippen LogP contribution is -2.26. The van der Waals surface area contributed by atoms with Crippen LogP contribution in [0.15, 0.2) is 76.0 Å². The Morgan fingerprint density at radius 2 is 1.70 bits per heavy atom. The van der Waals surface area contributed by atoms with E-state index >= 15 is 0 Å². The predicted octanol–water partition coefficient (Wildman–Crippen LogP) is 6.22. The maximum atomic E-state index is 13.0. The van der Waals surface area contributed by atoms with Crippen molar-refractivity contribution in [3.05, 3.63) is 103 Å². The van der Waals surface area contributed by atoms with Crippen LogP contribution in [0, 0.1) is 0 Å². The van der Waals surface area contributed by atoms with Crippen molar-refractivity contribution in [2.24, 2.45) is 0 Å². The van der Waals surface area contributed by atoms with E-state index in [0.29, 0.717) is 41.0 Å². The van der Waals surface area contributed by atoms with E-state index in [-0.39, 0.29) is 17.7 Å². The normalized spacial score (nSPS) is 15.1. The highest BCUT2D eigenvalue weighted by Gasteiger charge is 2.31. The summed E-state index contributed by atoms with van der Waals surface area (Å²) in [5, 5.41) is 11.5. The van der Waals surface area contributed by atoms with Crippen LogP contribution >= 0.6 is 39.1 Å². The molecule has 0 bridgehead atoms. The second-order valence-corrected chi connectivity index (χ2v) is 9.76. The number of halogens is 3. The van der Waals surface area contributed by atoms with Gasteiger partial charge in [0.15, 0.2) is 0 Å². The Bertz CT molecular complexity index is 1390. The van der Waals surface area contributed by atoms with Gasteiger partial charge in [0, 0.05) is 20.9 Å². The van der Waals surface area contributed by atoms with E-state index in [2.05, 4.69) is 40.2 Å². The van der Waals surface area contributed by atoms with E-state index in [9.17, 15) is 9.90 Å². The van der Waals surface area contributed by atoms with Gasteiger partial charge in [-0.1, -0.05) is 69.5 Å². The van der Waals surface area contributed by atoms with E-state index in [1.165, 1.54) is 4.57 Å². The first kappa shape index (κ1) is 22.3. The van der Waals surface area contributed by atoms with Crippen molar-refractivity contribution in [2.45, 2.75) is 25.7 Å². The first-order chi connectivity index (χ1) is 15.9. The summed E-state index contributed by atoms with van der Waals surface area (Å²) in [5.41, 5.74) is 3.90. The molecule has 0 fully saturated rings. The number of nitrogens with zero attached hydrogens (tertiary/aromatic N) is 2. The van der Waals surface area contributed by atoms with Crippen LogP contribution in [-0.2, 0) is 24.3 Å². The summed E-state index contributed by atoms with van der Waals surface area (Å²) >= 11 is 15.7. The van der Waals surface area contributed by atoms with Crippen molar-refractivity contribution < 1.29 is 9.84 Å². The summed E-state index contributed by atoms with van der Waals surface area (Å²) < 4.78 is 9.91. The molecule has 1 N–H and O–H groups in total. The average molecular weight is 546 g/mol. The van der Waals surface area contributed by atoms with Crippen molar-refractivity contribution in [1.29, 1.82) is 0 Å². The van der Waals surface area contributed by atoms with Crippen LogP contribution in [0.4, 0.5) is 0 Å². The molecular weight excluding hydrogens is 527 g/mol. The third-order valence-electron chi connectivity index (χ3n) is 5.70. The van der Waals surface area contributed by atoms with Gasteiger partial charge in [-0.25, -0.2) is 9.36 Å². The third kappa shape index (κ3) is 4.49. The van der Waals surface area contributed by atoms with Crippen LogP contribution in [0.25, 0.3) is 16.8 Å². The van der Waals surface area contributed by atoms with E-state index in [0.717, 1.165) is 21.2 Å². The second kappa shape index (κ2) is 9.03. The highest BCUT2D eigenvalue weighted by atomic mass is 79.9. The number of aromatic nitrogens is 2. The molecule has 0 saturated carbocycles. The number of imidazole rings is 1. The molecule has 0 unspecified atom stereocenters. The molecular formula is C25H19BrCl2N2O3. The number of hydrogen-bond acceptors (Lipinski definition) is 3. The van der Waals surface area contributed by atoms with Crippen LogP contribution in [-0.4, -0.2) is 20.3 Å². The zero-order valence-corrected chi connectivity index (χ0v) is 20.4. The molecule has 168 valence electrons. The predicted molar refractivity (Wildman–Crippen MR) is 134 cm³/mol. The molecule has 0 saturated heterocycles. The lowest BCUT2D eigenvalue weighted by Gasteiger charge is -2.13. The Kier molecular flexibility index (Phi) is 6.10. The molecule has 0 amide bonds. The maximum Gasteiger partial charge on any atom is 0.336 e. The molecule has 1 aliphatic rings. The van der Waals surface area contributed by atoms with Crippen LogP contribution in [0.2, 0.25) is 10.0 Å². The summed E-state index contributed by atoms with van der Waals surface area (Å²) in [6.07, 6.45) is 0.235. The van der Waals surface area contributed by atoms with E-state index < -0.39 is 0 Å². The van der Waals surface area contributed by atoms with Crippen molar-refractivity contribution in [1.82, 2.24) is 9.13 Å². The van der Waals surface area contributed by atoms with Gasteiger partial charge in [-0.2, -0.15) is 0 Å². The quantitative estimate of drug-likeness (QED) is 0.324. The molecule has 5 rings (SSSR count). The van der Waals surface area contributed by atoms with Gasteiger partial charge in [0.05, 0.1) is 30.6 Å². The standard InChI is InChI=1S/C25H19BrCl2N2O3/c26-18-6-2-5-17(8-18)16-4-1-3-15(7-16)14-33-22-12-23-24(31)30(25(32)29(23)13-22)21-10-19(27)9-20(28)11-21/h1-11,22,31H,12-14H2/t22-/m0/s1. The van der Waals surface area contributed by atoms with Gasteiger partial charge in [0.2, 0.25) is 5.88 Å². The molecule has 4 aromatic rings. The van der Waals surface area contributed by atoms with Gasteiger partial charge in [-0.05, 0) is 53.1 Å². The largest absolute Gasteiger partial charge is 0.493 e. The monoisotopic (exact) mass is 544 g/mol. The molecule has 33 heavy (non-hydrogen) atoms. The fourth-order valence-electron chi connectivity index (χ4n) is 4.19. The molecule has 3 aromatic carbocycles. The van der Waals surface area contributed by atoms with Gasteiger partial charge < -0.3 is 9.84 Å². The molecule has 2 heterocycles. The lowest BCUT2D eigenvalue weighted by atomic mass is 10.0. The fraction of sp³-hybridized carbons (Fsp3) is 0.160. The number of hydrogen-bond donors (Lipinski definition) is 1. The zero-order valence-electron chi connectivity index (χ0n) is 17.3. The Morgan fingerprint density at radius 1 is 1.00 bits per heavy atom. The average Bonchev–Trinajstić information content (AvgIpc) is 3.30. The van der Waals surface area contributed by atoms with E-state index in [1.807, 2.05) is 24.3 Å². The zero-order chi connectivity index (χ0) is 23.1. The SMILES string of the molecule is O=c1n2c(c(O)n1-c1cc(Cl)cc(Cl)c1)C[C@H](OCc1cccc(-c3cccc(Br)c3)c1)C2. The number of benzene rings is 3. The number of rotatable bonds is 5. The molecule has 8 heteroatoms. The molecule has 5 nitrogen and oxygen atoms in total. The summed E-state index contributed by atoms with van der Waals surface area (Å²) in [4.78, 5) is 13.0. The lowest BCUT2D eigenvalue weighted by molar-refractivity contribution is 0.0409. The number of ether oxygens (including phenoxy) is 1. The number of aromatic hydroxyl groups is 1. The molecule has 0 radical (unpaired) electrons. The first-order valence-electron chi connectivity index (χ1n) is 10.4. The summed E-state index contributed by atoms with van der Waals surface area (Å²) in [6.45, 7) is 0.782. The highest BCUT2D eigenvalue weighted by molar-refractivity contribution is 9.10. The molecule has 1 atom stereocenters. The van der Waals surface area contributed by atoms with E-state index in [4.69, 9.17) is 27.9 Å². The van der Waals surface area contributed by atoms with Crippen LogP contribution in [0.5, 0.6) is 5.88 Å². The Hall–Kier alpha value is -2.51. The van der Waals surface area contributed by atoms with Crippen LogP contribution in [0.3, 0.4) is 0 Å². The van der Waals surface area contributed by atoms with Gasteiger partial charge >= 0.3 is 5.69 Å². The van der Waals surface area contributed by atoms with Gasteiger partial charge in [0.25, 0.3) is 0 Å². The topological polar surface area (TPSA) is 56.4 Å². The van der Waals surface area contributed by atoms with Crippen LogP contribution in [0.1, 0.15) is 11.3 Å². The minimum absolute atomic E-state index is 0.110. The van der Waals surface area contributed by atoms with Gasteiger partial charge in [0.1, 0.15) is 0 Å². The summed E-state index contributed by atoms with van der Waals surface area (Å²) in [5.74, 6) is -0.110. The first-order valence-corrected chi connectivity index (χ1v) is 11.9. The second-order valence-electron chi connectivity index (χ2n) is 7.97. The summed E-state index contributed by atoms with van der Waals surface area (Å²) in [6, 6.07) is 21.1. The number of fused-ring (bicyclic) bond motifs is 1. The minimum atomic E-state index is -0.344. The molecule has 0 spiro atoms. The Balaban J connectivity index is 1.31. The highest BCUT2D eigenvalue weighted by Crippen LogP contribution is 2.30. The molecule has 1 aromatic heterocycles. The van der Waals surface area contributed by atoms with Gasteiger partial charge in [-0.15, -0.1) is 0 Å². The van der Waals surface area contributed by atoms with Crippen molar-refractivity contribution >= 4 is 39.1 Å². The molecule has 0 aliphatic carbocycles. The third-order valence-corrected chi connectivity index (χ3v) is 6.63.